The van der Waals surface area contributed by atoms with E-state index in [0.29, 0.717) is 15.2 Å². The van der Waals surface area contributed by atoms with E-state index < -0.39 is 11.8 Å². The van der Waals surface area contributed by atoms with E-state index in [1.54, 1.807) is 12.1 Å². The summed E-state index contributed by atoms with van der Waals surface area (Å²) in [4.78, 5) is 15.7. The van der Waals surface area contributed by atoms with Gasteiger partial charge in [-0.25, -0.2) is 14.2 Å². The first-order valence-electron chi connectivity index (χ1n) is 5.29. The number of nitrogens with zero attached hydrogens (tertiary/aromatic N) is 1. The fraction of sp³-hybridized carbons (Fsp3) is 0.0769. The van der Waals surface area contributed by atoms with E-state index >= 15 is 0 Å². The van der Waals surface area contributed by atoms with E-state index in [1.807, 2.05) is 0 Å². The number of carbonyl (C=O) groups is 1. The third-order valence-electron chi connectivity index (χ3n) is 2.31. The second kappa shape index (κ2) is 6.12. The van der Waals surface area contributed by atoms with E-state index in [9.17, 15) is 9.18 Å². The molecular weight excluding hydrogens is 337 g/mol. The zero-order valence-corrected chi connectivity index (χ0v) is 11.9. The number of esters is 1. The predicted molar refractivity (Wildman–Crippen MR) is 72.5 cm³/mol. The van der Waals surface area contributed by atoms with E-state index in [-0.39, 0.29) is 12.2 Å². The molecule has 0 atom stereocenters. The third-order valence-corrected chi connectivity index (χ3v) is 3.22. The van der Waals surface area contributed by atoms with Crippen LogP contribution in [0.5, 0.6) is 0 Å². The second-order valence-corrected chi connectivity index (χ2v) is 4.93. The van der Waals surface area contributed by atoms with Crippen LogP contribution < -0.4 is 0 Å². The van der Waals surface area contributed by atoms with Gasteiger partial charge in [0.25, 0.3) is 0 Å². The molecule has 19 heavy (non-hydrogen) atoms. The summed E-state index contributed by atoms with van der Waals surface area (Å²) in [6.45, 7) is 0.0476. The molecule has 3 nitrogen and oxygen atoms in total. The van der Waals surface area contributed by atoms with Crippen LogP contribution in [-0.4, -0.2) is 11.0 Å². The van der Waals surface area contributed by atoms with Crippen molar-refractivity contribution in [3.05, 3.63) is 63.1 Å². The van der Waals surface area contributed by atoms with Gasteiger partial charge < -0.3 is 4.74 Å². The molecule has 98 valence electrons. The van der Waals surface area contributed by atoms with Crippen molar-refractivity contribution < 1.29 is 13.9 Å². The summed E-state index contributed by atoms with van der Waals surface area (Å²) in [6, 6.07) is 7.12. The first-order chi connectivity index (χ1) is 9.06. The average molecular weight is 345 g/mol. The molecule has 0 aliphatic carbocycles. The molecule has 1 heterocycles. The number of carbonyl (C=O) groups excluding carboxylic acids is 1. The van der Waals surface area contributed by atoms with E-state index in [2.05, 4.69) is 20.9 Å². The zero-order valence-electron chi connectivity index (χ0n) is 9.57. The molecule has 0 spiro atoms. The van der Waals surface area contributed by atoms with E-state index in [4.69, 9.17) is 16.3 Å². The maximum atomic E-state index is 13.1. The van der Waals surface area contributed by atoms with Gasteiger partial charge in [-0.15, -0.1) is 0 Å². The van der Waals surface area contributed by atoms with Crippen LogP contribution in [0.1, 0.15) is 15.9 Å². The van der Waals surface area contributed by atoms with Gasteiger partial charge >= 0.3 is 5.97 Å². The Balaban J connectivity index is 2.05. The van der Waals surface area contributed by atoms with Crippen LogP contribution in [0.2, 0.25) is 5.15 Å². The first kappa shape index (κ1) is 14.0. The lowest BCUT2D eigenvalue weighted by atomic mass is 10.2. The topological polar surface area (TPSA) is 39.2 Å². The lowest BCUT2D eigenvalue weighted by Gasteiger charge is -2.06. The molecule has 1 aromatic heterocycles. The number of halogens is 3. The smallest absolute Gasteiger partial charge is 0.339 e. The minimum atomic E-state index is -0.610. The highest BCUT2D eigenvalue weighted by molar-refractivity contribution is 9.10. The minimum absolute atomic E-state index is 0.0476. The molecule has 6 heteroatoms. The molecule has 0 aliphatic rings. The zero-order chi connectivity index (χ0) is 13.8. The average Bonchev–Trinajstić information content (AvgIpc) is 2.40. The van der Waals surface area contributed by atoms with E-state index in [0.717, 1.165) is 6.07 Å². The van der Waals surface area contributed by atoms with Gasteiger partial charge in [-0.05, 0) is 40.2 Å². The normalized spacial score (nSPS) is 10.3. The Morgan fingerprint density at radius 3 is 2.84 bits per heavy atom. The van der Waals surface area contributed by atoms with Crippen LogP contribution in [0.15, 0.2) is 41.0 Å². The molecule has 2 aromatic rings. The SMILES string of the molecule is O=C(OCc1ccc(Cl)nc1)c1cc(F)ccc1Br. The van der Waals surface area contributed by atoms with Gasteiger partial charge in [0.1, 0.15) is 17.6 Å². The number of ether oxygens (including phenoxy) is 1. The molecule has 0 amide bonds. The molecule has 0 saturated carbocycles. The largest absolute Gasteiger partial charge is 0.457 e. The highest BCUT2D eigenvalue weighted by atomic mass is 79.9. The van der Waals surface area contributed by atoms with Crippen molar-refractivity contribution in [3.8, 4) is 0 Å². The van der Waals surface area contributed by atoms with E-state index in [1.165, 1.54) is 18.3 Å². The highest BCUT2D eigenvalue weighted by Crippen LogP contribution is 2.19. The molecule has 0 saturated heterocycles. The van der Waals surface area contributed by atoms with Gasteiger partial charge in [0.15, 0.2) is 0 Å². The van der Waals surface area contributed by atoms with Crippen molar-refractivity contribution in [3.63, 3.8) is 0 Å². The molecule has 2 rings (SSSR count). The van der Waals surface area contributed by atoms with Crippen molar-refractivity contribution in [2.75, 3.05) is 0 Å². The molecule has 0 aliphatic heterocycles. The molecule has 0 radical (unpaired) electrons. The quantitative estimate of drug-likeness (QED) is 0.624. The van der Waals surface area contributed by atoms with Crippen molar-refractivity contribution in [1.29, 1.82) is 0 Å². The summed E-state index contributed by atoms with van der Waals surface area (Å²) in [6.07, 6.45) is 1.51. The van der Waals surface area contributed by atoms with Crippen LogP contribution in [0.25, 0.3) is 0 Å². The highest BCUT2D eigenvalue weighted by Gasteiger charge is 2.12. The van der Waals surface area contributed by atoms with Crippen molar-refractivity contribution in [1.82, 2.24) is 4.98 Å². The molecule has 1 aromatic carbocycles. The molecule has 0 N–H and O–H groups in total. The standard InChI is InChI=1S/C13H8BrClFNO2/c14-11-3-2-9(16)5-10(11)13(18)19-7-8-1-4-12(15)17-6-8/h1-6H,7H2. The summed E-state index contributed by atoms with van der Waals surface area (Å²) in [5.41, 5.74) is 0.840. The summed E-state index contributed by atoms with van der Waals surface area (Å²) < 4.78 is 18.6. The lowest BCUT2D eigenvalue weighted by Crippen LogP contribution is -2.06. The van der Waals surface area contributed by atoms with Gasteiger partial charge in [0.05, 0.1) is 5.56 Å². The number of pyridine rings is 1. The van der Waals surface area contributed by atoms with Gasteiger partial charge in [0, 0.05) is 16.2 Å². The first-order valence-corrected chi connectivity index (χ1v) is 6.46. The third kappa shape index (κ3) is 3.75. The Morgan fingerprint density at radius 2 is 2.16 bits per heavy atom. The predicted octanol–water partition coefficient (Wildman–Crippen LogP) is 3.99. The van der Waals surface area contributed by atoms with Gasteiger partial charge in [-0.3, -0.25) is 0 Å². The molecule has 0 bridgehead atoms. The monoisotopic (exact) mass is 343 g/mol. The van der Waals surface area contributed by atoms with Gasteiger partial charge in [0.2, 0.25) is 0 Å². The molecule has 0 unspecified atom stereocenters. The summed E-state index contributed by atoms with van der Waals surface area (Å²) >= 11 is 8.81. The minimum Gasteiger partial charge on any atom is -0.457 e. The number of aromatic nitrogens is 1. The Morgan fingerprint density at radius 1 is 1.37 bits per heavy atom. The van der Waals surface area contributed by atoms with Crippen LogP contribution in [0, 0.1) is 5.82 Å². The van der Waals surface area contributed by atoms with Crippen molar-refractivity contribution in [2.24, 2.45) is 0 Å². The fourth-order valence-corrected chi connectivity index (χ4v) is 1.89. The Kier molecular flexibility index (Phi) is 4.50. The summed E-state index contributed by atoms with van der Waals surface area (Å²) in [7, 11) is 0. The summed E-state index contributed by atoms with van der Waals surface area (Å²) in [5, 5.41) is 0.364. The lowest BCUT2D eigenvalue weighted by molar-refractivity contribution is 0.0470. The number of hydrogen-bond acceptors (Lipinski definition) is 3. The number of benzene rings is 1. The molecular formula is C13H8BrClFNO2. The summed E-state index contributed by atoms with van der Waals surface area (Å²) in [5.74, 6) is -1.11. The van der Waals surface area contributed by atoms with Crippen molar-refractivity contribution >= 4 is 33.5 Å². The second-order valence-electron chi connectivity index (χ2n) is 3.69. The van der Waals surface area contributed by atoms with Gasteiger partial charge in [-0.2, -0.15) is 0 Å². The number of hydrogen-bond donors (Lipinski definition) is 0. The molecule has 0 fully saturated rings. The Bertz CT molecular complexity index is 604. The van der Waals surface area contributed by atoms with Crippen LogP contribution in [0.4, 0.5) is 4.39 Å². The van der Waals surface area contributed by atoms with Crippen molar-refractivity contribution in [2.45, 2.75) is 6.61 Å². The van der Waals surface area contributed by atoms with Gasteiger partial charge in [-0.1, -0.05) is 17.7 Å². The maximum absolute atomic E-state index is 13.1. The maximum Gasteiger partial charge on any atom is 0.339 e. The van der Waals surface area contributed by atoms with Crippen LogP contribution in [0.3, 0.4) is 0 Å². The Labute approximate surface area is 122 Å². The Hall–Kier alpha value is -1.46. The van der Waals surface area contributed by atoms with Crippen LogP contribution in [-0.2, 0) is 11.3 Å². The van der Waals surface area contributed by atoms with Crippen LogP contribution >= 0.6 is 27.5 Å². The number of rotatable bonds is 3. The fourth-order valence-electron chi connectivity index (χ4n) is 1.37.